The number of rotatable bonds is 4. The van der Waals surface area contributed by atoms with Gasteiger partial charge in [-0.25, -0.2) is 14.4 Å². The fraction of sp³-hybridized carbons (Fsp3) is 0.714. The number of hydrogen-bond donors (Lipinski definition) is 3. The minimum atomic E-state index is -1.53. The van der Waals surface area contributed by atoms with Gasteiger partial charge >= 0.3 is 18.2 Å². The number of amides is 3. The van der Waals surface area contributed by atoms with Crippen LogP contribution in [-0.2, 0) is 19.1 Å². The number of carbonyl (C=O) groups is 4. The Labute approximate surface area is 134 Å². The van der Waals surface area contributed by atoms with Crippen molar-refractivity contribution in [2.45, 2.75) is 65.2 Å². The molecule has 9 nitrogen and oxygen atoms in total. The predicted octanol–water partition coefficient (Wildman–Crippen LogP) is 1.41. The summed E-state index contributed by atoms with van der Waals surface area (Å²) in [5.74, 6) is -2.34. The number of carboxylic acid groups (broad SMARTS) is 1. The molecule has 0 aromatic carbocycles. The van der Waals surface area contributed by atoms with E-state index in [1.165, 1.54) is 0 Å². The van der Waals surface area contributed by atoms with Crippen molar-refractivity contribution in [3.8, 4) is 0 Å². The summed E-state index contributed by atoms with van der Waals surface area (Å²) < 4.78 is 9.78. The molecule has 0 aliphatic rings. The molecule has 0 fully saturated rings. The van der Waals surface area contributed by atoms with Gasteiger partial charge in [0.1, 0.15) is 17.2 Å². The molecule has 0 spiro atoms. The van der Waals surface area contributed by atoms with Gasteiger partial charge < -0.3 is 19.9 Å². The maximum Gasteiger partial charge on any atom is 0.414 e. The third-order valence-electron chi connectivity index (χ3n) is 2.02. The molecule has 0 radical (unpaired) electrons. The van der Waals surface area contributed by atoms with E-state index in [0.717, 1.165) is 0 Å². The lowest BCUT2D eigenvalue weighted by atomic mass is 10.2. The molecule has 0 bridgehead atoms. The second-order valence-electron chi connectivity index (χ2n) is 6.79. The van der Waals surface area contributed by atoms with E-state index in [4.69, 9.17) is 14.6 Å². The zero-order valence-corrected chi connectivity index (χ0v) is 14.2. The molecule has 1 atom stereocenters. The van der Waals surface area contributed by atoms with Crippen LogP contribution in [0.4, 0.5) is 9.59 Å². The maximum absolute atomic E-state index is 11.7. The normalized spacial score (nSPS) is 12.8. The number of carboxylic acids is 1. The van der Waals surface area contributed by atoms with Gasteiger partial charge in [0, 0.05) is 0 Å². The van der Waals surface area contributed by atoms with Gasteiger partial charge in [-0.2, -0.15) is 0 Å². The Morgan fingerprint density at radius 3 is 1.74 bits per heavy atom. The van der Waals surface area contributed by atoms with Crippen LogP contribution in [-0.4, -0.2) is 46.4 Å². The number of nitrogens with one attached hydrogen (secondary N) is 2. The van der Waals surface area contributed by atoms with E-state index in [-0.39, 0.29) is 0 Å². The molecule has 0 unspecified atom stereocenters. The molecule has 0 rings (SSSR count). The van der Waals surface area contributed by atoms with Gasteiger partial charge in [-0.3, -0.25) is 10.1 Å². The molecule has 0 aromatic rings. The van der Waals surface area contributed by atoms with E-state index >= 15 is 0 Å². The van der Waals surface area contributed by atoms with Crippen LogP contribution in [0.3, 0.4) is 0 Å². The highest BCUT2D eigenvalue weighted by molar-refractivity contribution is 5.95. The summed E-state index contributed by atoms with van der Waals surface area (Å²) in [6.45, 7) is 9.66. The van der Waals surface area contributed by atoms with Crippen LogP contribution in [0.15, 0.2) is 0 Å². The molecule has 0 aromatic heterocycles. The van der Waals surface area contributed by atoms with Crippen molar-refractivity contribution in [1.82, 2.24) is 10.6 Å². The van der Waals surface area contributed by atoms with Crippen LogP contribution in [0.2, 0.25) is 0 Å². The summed E-state index contributed by atoms with van der Waals surface area (Å²) in [6, 6.07) is -1.53. The van der Waals surface area contributed by atoms with E-state index < -0.39 is 47.7 Å². The Kier molecular flexibility index (Phi) is 7.01. The number of ether oxygens (including phenoxy) is 2. The first-order chi connectivity index (χ1) is 10.2. The SMILES string of the molecule is CC(C)(C)OC(=O)NC(=O)C[C@H](NC(=O)OC(C)(C)C)C(=O)O. The fourth-order valence-electron chi connectivity index (χ4n) is 1.30. The largest absolute Gasteiger partial charge is 0.480 e. The quantitative estimate of drug-likeness (QED) is 0.709. The molecule has 0 saturated heterocycles. The van der Waals surface area contributed by atoms with Gasteiger partial charge in [0.2, 0.25) is 5.91 Å². The topological polar surface area (TPSA) is 131 Å². The summed E-state index contributed by atoms with van der Waals surface area (Å²) in [4.78, 5) is 45.7. The van der Waals surface area contributed by atoms with E-state index in [0.29, 0.717) is 0 Å². The molecular formula is C14H24N2O7. The first-order valence-corrected chi connectivity index (χ1v) is 6.95. The molecule has 3 N–H and O–H groups in total. The summed E-state index contributed by atoms with van der Waals surface area (Å²) in [6.07, 6.45) is -2.62. The summed E-state index contributed by atoms with van der Waals surface area (Å²) in [5.41, 5.74) is -1.61. The molecule has 0 heterocycles. The number of carbonyl (C=O) groups excluding carboxylic acids is 3. The van der Waals surface area contributed by atoms with Gasteiger partial charge in [0.25, 0.3) is 0 Å². The Hall–Kier alpha value is -2.32. The molecule has 3 amide bonds. The van der Waals surface area contributed by atoms with Gasteiger partial charge in [-0.15, -0.1) is 0 Å². The third-order valence-corrected chi connectivity index (χ3v) is 2.02. The Morgan fingerprint density at radius 2 is 1.35 bits per heavy atom. The van der Waals surface area contributed by atoms with Crippen molar-refractivity contribution >= 4 is 24.1 Å². The van der Waals surface area contributed by atoms with Gasteiger partial charge in [-0.05, 0) is 41.5 Å². The van der Waals surface area contributed by atoms with Crippen LogP contribution < -0.4 is 10.6 Å². The third kappa shape index (κ3) is 11.0. The fourth-order valence-corrected chi connectivity index (χ4v) is 1.30. The standard InChI is InChI=1S/C14H24N2O7/c1-13(2,3)22-11(20)15-8(10(18)19)7-9(17)16-12(21)23-14(4,5)6/h8H,7H2,1-6H3,(H,15,20)(H,18,19)(H,16,17,21)/t8-/m0/s1. The molecular weight excluding hydrogens is 308 g/mol. The van der Waals surface area contributed by atoms with Crippen molar-refractivity contribution < 1.29 is 33.8 Å². The number of aliphatic carboxylic acids is 1. The average Bonchev–Trinajstić information content (AvgIpc) is 2.21. The molecule has 23 heavy (non-hydrogen) atoms. The van der Waals surface area contributed by atoms with Crippen molar-refractivity contribution in [2.24, 2.45) is 0 Å². The molecule has 132 valence electrons. The second kappa shape index (κ2) is 7.80. The number of alkyl carbamates (subject to hydrolysis) is 2. The molecule has 0 saturated carbocycles. The lowest BCUT2D eigenvalue weighted by Crippen LogP contribution is -2.47. The van der Waals surface area contributed by atoms with Crippen LogP contribution in [0.25, 0.3) is 0 Å². The van der Waals surface area contributed by atoms with Crippen molar-refractivity contribution in [2.75, 3.05) is 0 Å². The lowest BCUT2D eigenvalue weighted by Gasteiger charge is -2.22. The highest BCUT2D eigenvalue weighted by Gasteiger charge is 2.27. The molecule has 9 heteroatoms. The van der Waals surface area contributed by atoms with Crippen LogP contribution in [0, 0.1) is 0 Å². The van der Waals surface area contributed by atoms with Crippen LogP contribution >= 0.6 is 0 Å². The van der Waals surface area contributed by atoms with Gasteiger partial charge in [0.15, 0.2) is 0 Å². The predicted molar refractivity (Wildman–Crippen MR) is 79.8 cm³/mol. The zero-order chi connectivity index (χ0) is 18.4. The minimum Gasteiger partial charge on any atom is -0.480 e. The van der Waals surface area contributed by atoms with Gasteiger partial charge in [0.05, 0.1) is 6.42 Å². The zero-order valence-electron chi connectivity index (χ0n) is 14.2. The summed E-state index contributed by atoms with van der Waals surface area (Å²) >= 11 is 0. The first kappa shape index (κ1) is 20.7. The monoisotopic (exact) mass is 332 g/mol. The van der Waals surface area contributed by atoms with E-state index in [2.05, 4.69) is 5.32 Å². The minimum absolute atomic E-state index is 0.645. The van der Waals surface area contributed by atoms with E-state index in [1.807, 2.05) is 5.32 Å². The summed E-state index contributed by atoms with van der Waals surface area (Å²) in [5, 5.41) is 13.0. The maximum atomic E-state index is 11.7. The van der Waals surface area contributed by atoms with E-state index in [1.54, 1.807) is 41.5 Å². The molecule has 0 aliphatic carbocycles. The Bertz CT molecular complexity index is 474. The van der Waals surface area contributed by atoms with Crippen molar-refractivity contribution in [3.63, 3.8) is 0 Å². The smallest absolute Gasteiger partial charge is 0.414 e. The second-order valence-corrected chi connectivity index (χ2v) is 6.79. The molecule has 0 aliphatic heterocycles. The first-order valence-electron chi connectivity index (χ1n) is 6.95. The average molecular weight is 332 g/mol. The number of imide groups is 1. The van der Waals surface area contributed by atoms with E-state index in [9.17, 15) is 19.2 Å². The van der Waals surface area contributed by atoms with Crippen molar-refractivity contribution in [1.29, 1.82) is 0 Å². The van der Waals surface area contributed by atoms with Crippen LogP contribution in [0.5, 0.6) is 0 Å². The Morgan fingerprint density at radius 1 is 0.913 bits per heavy atom. The Balaban J connectivity index is 4.59. The van der Waals surface area contributed by atoms with Crippen molar-refractivity contribution in [3.05, 3.63) is 0 Å². The highest BCUT2D eigenvalue weighted by Crippen LogP contribution is 2.08. The van der Waals surface area contributed by atoms with Gasteiger partial charge in [-0.1, -0.05) is 0 Å². The number of hydrogen-bond acceptors (Lipinski definition) is 6. The van der Waals surface area contributed by atoms with Crippen LogP contribution in [0.1, 0.15) is 48.0 Å². The summed E-state index contributed by atoms with van der Waals surface area (Å²) in [7, 11) is 0. The lowest BCUT2D eigenvalue weighted by molar-refractivity contribution is -0.141. The highest BCUT2D eigenvalue weighted by atomic mass is 16.6.